The lowest BCUT2D eigenvalue weighted by atomic mass is 10.1. The average Bonchev–Trinajstić information content (AvgIpc) is 3.12. The van der Waals surface area contributed by atoms with E-state index in [9.17, 15) is 13.2 Å². The number of nitrogens with one attached hydrogen (secondary N) is 2. The van der Waals surface area contributed by atoms with Crippen molar-refractivity contribution in [3.05, 3.63) is 11.4 Å². The standard InChI is InChI=1S/C16H29N5O3S.ClH/c1-6-9-21(14-7-8-17-10-14)16(22)12(3)19-25(23,24)15-11(2)18-20(5)13(15)4;/h12,14,17,19H,6-10H2,1-5H3;1H. The Hall–Kier alpha value is -1.16. The monoisotopic (exact) mass is 407 g/mol. The molecule has 2 rings (SSSR count). The molecule has 10 heteroatoms. The van der Waals surface area contributed by atoms with E-state index in [-0.39, 0.29) is 29.3 Å². The van der Waals surface area contributed by atoms with E-state index in [0.717, 1.165) is 25.9 Å². The van der Waals surface area contributed by atoms with E-state index < -0.39 is 16.1 Å². The summed E-state index contributed by atoms with van der Waals surface area (Å²) < 4.78 is 29.6. The van der Waals surface area contributed by atoms with Gasteiger partial charge in [-0.25, -0.2) is 8.42 Å². The van der Waals surface area contributed by atoms with E-state index in [1.165, 1.54) is 4.68 Å². The third kappa shape index (κ3) is 4.76. The van der Waals surface area contributed by atoms with E-state index in [2.05, 4.69) is 15.1 Å². The molecule has 150 valence electrons. The van der Waals surface area contributed by atoms with Gasteiger partial charge in [0, 0.05) is 26.2 Å². The molecule has 2 heterocycles. The molecule has 1 aromatic rings. The highest BCUT2D eigenvalue weighted by atomic mass is 35.5. The van der Waals surface area contributed by atoms with Crippen LogP contribution in [-0.4, -0.2) is 60.7 Å². The second kappa shape index (κ2) is 9.16. The van der Waals surface area contributed by atoms with Crippen LogP contribution in [0.3, 0.4) is 0 Å². The minimum Gasteiger partial charge on any atom is -0.337 e. The van der Waals surface area contributed by atoms with Crippen molar-refractivity contribution in [2.75, 3.05) is 19.6 Å². The van der Waals surface area contributed by atoms with Gasteiger partial charge in [0.25, 0.3) is 0 Å². The summed E-state index contributed by atoms with van der Waals surface area (Å²) in [5.41, 5.74) is 0.979. The number of amides is 1. The van der Waals surface area contributed by atoms with Crippen molar-refractivity contribution in [3.8, 4) is 0 Å². The van der Waals surface area contributed by atoms with Crippen LogP contribution in [-0.2, 0) is 21.9 Å². The molecule has 1 saturated heterocycles. The molecule has 0 spiro atoms. The van der Waals surface area contributed by atoms with Gasteiger partial charge in [-0.3, -0.25) is 9.48 Å². The van der Waals surface area contributed by atoms with Gasteiger partial charge in [-0.15, -0.1) is 12.4 Å². The molecular weight excluding hydrogens is 378 g/mol. The van der Waals surface area contributed by atoms with Crippen molar-refractivity contribution in [1.82, 2.24) is 24.7 Å². The fraction of sp³-hybridized carbons (Fsp3) is 0.750. The molecule has 0 aliphatic carbocycles. The zero-order chi connectivity index (χ0) is 18.8. The van der Waals surface area contributed by atoms with Crippen LogP contribution in [0.15, 0.2) is 4.90 Å². The number of hydrogen-bond donors (Lipinski definition) is 2. The maximum absolute atomic E-state index is 12.9. The highest BCUT2D eigenvalue weighted by Crippen LogP contribution is 2.19. The number of aryl methyl sites for hydroxylation is 2. The minimum absolute atomic E-state index is 0. The molecule has 2 unspecified atom stereocenters. The Morgan fingerprint density at radius 1 is 1.46 bits per heavy atom. The number of rotatable bonds is 7. The first kappa shape index (κ1) is 22.9. The van der Waals surface area contributed by atoms with Crippen LogP contribution >= 0.6 is 12.4 Å². The molecule has 1 amide bonds. The van der Waals surface area contributed by atoms with Crippen molar-refractivity contribution in [2.24, 2.45) is 7.05 Å². The first-order valence-corrected chi connectivity index (χ1v) is 10.2. The fourth-order valence-corrected chi connectivity index (χ4v) is 4.99. The minimum atomic E-state index is -3.81. The Kier molecular flexibility index (Phi) is 8.06. The summed E-state index contributed by atoms with van der Waals surface area (Å²) in [5, 5.41) is 7.40. The molecule has 2 N–H and O–H groups in total. The molecule has 2 atom stereocenters. The highest BCUT2D eigenvalue weighted by Gasteiger charge is 2.32. The third-order valence-electron chi connectivity index (χ3n) is 4.64. The van der Waals surface area contributed by atoms with Crippen molar-refractivity contribution < 1.29 is 13.2 Å². The molecule has 0 radical (unpaired) electrons. The second-order valence-corrected chi connectivity index (χ2v) is 8.30. The molecule has 0 aromatic carbocycles. The van der Waals surface area contributed by atoms with Crippen LogP contribution in [0.5, 0.6) is 0 Å². The van der Waals surface area contributed by atoms with Gasteiger partial charge >= 0.3 is 0 Å². The summed E-state index contributed by atoms with van der Waals surface area (Å²) >= 11 is 0. The zero-order valence-corrected chi connectivity index (χ0v) is 17.7. The summed E-state index contributed by atoms with van der Waals surface area (Å²) in [5.74, 6) is -0.182. The third-order valence-corrected chi connectivity index (χ3v) is 6.43. The smallest absolute Gasteiger partial charge is 0.244 e. The van der Waals surface area contributed by atoms with Gasteiger partial charge in [-0.05, 0) is 40.2 Å². The fourth-order valence-electron chi connectivity index (χ4n) is 3.35. The number of hydrogen-bond acceptors (Lipinski definition) is 5. The molecule has 1 aliphatic heterocycles. The van der Waals surface area contributed by atoms with Gasteiger partial charge in [-0.2, -0.15) is 9.82 Å². The number of carbonyl (C=O) groups is 1. The Balaban J connectivity index is 0.00000338. The number of sulfonamides is 1. The van der Waals surface area contributed by atoms with Gasteiger partial charge in [0.1, 0.15) is 4.90 Å². The highest BCUT2D eigenvalue weighted by molar-refractivity contribution is 7.89. The number of nitrogens with zero attached hydrogens (tertiary/aromatic N) is 3. The summed E-state index contributed by atoms with van der Waals surface area (Å²) in [6.07, 6.45) is 1.73. The maximum Gasteiger partial charge on any atom is 0.244 e. The number of carbonyl (C=O) groups excluding carboxylic acids is 1. The Labute approximate surface area is 162 Å². The lowest BCUT2D eigenvalue weighted by molar-refractivity contribution is -0.134. The van der Waals surface area contributed by atoms with Gasteiger partial charge < -0.3 is 10.2 Å². The number of halogens is 1. The van der Waals surface area contributed by atoms with Crippen LogP contribution in [0, 0.1) is 13.8 Å². The topological polar surface area (TPSA) is 96.3 Å². The molecule has 1 aromatic heterocycles. The normalized spacial score (nSPS) is 18.4. The predicted octanol–water partition coefficient (Wildman–Crippen LogP) is 0.726. The summed E-state index contributed by atoms with van der Waals surface area (Å²) in [7, 11) is -2.11. The molecule has 0 bridgehead atoms. The zero-order valence-electron chi connectivity index (χ0n) is 16.1. The van der Waals surface area contributed by atoms with Crippen molar-refractivity contribution in [2.45, 2.75) is 57.5 Å². The second-order valence-electron chi connectivity index (χ2n) is 6.64. The van der Waals surface area contributed by atoms with Crippen molar-refractivity contribution in [3.63, 3.8) is 0 Å². The van der Waals surface area contributed by atoms with Gasteiger partial charge in [-0.1, -0.05) is 6.92 Å². The molecule has 26 heavy (non-hydrogen) atoms. The van der Waals surface area contributed by atoms with Crippen LogP contribution in [0.1, 0.15) is 38.1 Å². The Morgan fingerprint density at radius 3 is 2.58 bits per heavy atom. The Bertz CT molecular complexity index is 728. The van der Waals surface area contributed by atoms with Gasteiger partial charge in [0.15, 0.2) is 0 Å². The first-order valence-electron chi connectivity index (χ1n) is 8.72. The van der Waals surface area contributed by atoms with E-state index in [1.54, 1.807) is 32.7 Å². The summed E-state index contributed by atoms with van der Waals surface area (Å²) in [6.45, 7) is 9.24. The van der Waals surface area contributed by atoms with Crippen LogP contribution in [0.2, 0.25) is 0 Å². The predicted molar refractivity (Wildman–Crippen MR) is 103 cm³/mol. The molecule has 1 fully saturated rings. The van der Waals surface area contributed by atoms with E-state index in [0.29, 0.717) is 17.9 Å². The largest absolute Gasteiger partial charge is 0.337 e. The summed E-state index contributed by atoms with van der Waals surface area (Å²) in [6, 6.07) is -0.697. The Morgan fingerprint density at radius 2 is 2.12 bits per heavy atom. The lowest BCUT2D eigenvalue weighted by Crippen LogP contribution is -2.51. The quantitative estimate of drug-likeness (QED) is 0.694. The molecule has 0 saturated carbocycles. The van der Waals surface area contributed by atoms with Gasteiger partial charge in [0.05, 0.1) is 17.4 Å². The van der Waals surface area contributed by atoms with Crippen LogP contribution in [0.25, 0.3) is 0 Å². The molecular formula is C16H30ClN5O3S. The van der Waals surface area contributed by atoms with Crippen LogP contribution < -0.4 is 10.0 Å². The van der Waals surface area contributed by atoms with Crippen LogP contribution in [0.4, 0.5) is 0 Å². The first-order chi connectivity index (χ1) is 11.7. The SMILES string of the molecule is CCCN(C(=O)C(C)NS(=O)(=O)c1c(C)nn(C)c1C)C1CCNC1.Cl. The molecule has 1 aliphatic rings. The van der Waals surface area contributed by atoms with E-state index in [1.807, 2.05) is 6.92 Å². The van der Waals surface area contributed by atoms with Crippen molar-refractivity contribution in [1.29, 1.82) is 0 Å². The summed E-state index contributed by atoms with van der Waals surface area (Å²) in [4.78, 5) is 14.8. The van der Waals surface area contributed by atoms with Crippen molar-refractivity contribution >= 4 is 28.3 Å². The molecule has 8 nitrogen and oxygen atoms in total. The van der Waals surface area contributed by atoms with E-state index >= 15 is 0 Å². The number of aromatic nitrogens is 2. The average molecular weight is 408 g/mol. The van der Waals surface area contributed by atoms with E-state index in [4.69, 9.17) is 0 Å². The van der Waals surface area contributed by atoms with Gasteiger partial charge in [0.2, 0.25) is 15.9 Å². The maximum atomic E-state index is 12.9. The lowest BCUT2D eigenvalue weighted by Gasteiger charge is -2.31.